The summed E-state index contributed by atoms with van der Waals surface area (Å²) in [7, 11) is 0. The van der Waals surface area contributed by atoms with Crippen molar-refractivity contribution in [3.63, 3.8) is 0 Å². The molecule has 0 spiro atoms. The summed E-state index contributed by atoms with van der Waals surface area (Å²) in [5.74, 6) is 4.55. The largest absolute Gasteiger partial charge is 0.378 e. The zero-order valence-corrected chi connectivity index (χ0v) is 8.74. The van der Waals surface area contributed by atoms with Crippen LogP contribution >= 0.6 is 0 Å². The summed E-state index contributed by atoms with van der Waals surface area (Å²) >= 11 is 0. The van der Waals surface area contributed by atoms with E-state index in [1.807, 2.05) is 0 Å². The summed E-state index contributed by atoms with van der Waals surface area (Å²) in [6, 6.07) is 0. The van der Waals surface area contributed by atoms with Gasteiger partial charge in [-0.1, -0.05) is 0 Å². The topological polar surface area (TPSA) is 109 Å². The van der Waals surface area contributed by atoms with Crippen LogP contribution in [0, 0.1) is 0 Å². The Balaban J connectivity index is 2.89. The van der Waals surface area contributed by atoms with Crippen LogP contribution in [0.2, 0.25) is 0 Å². The van der Waals surface area contributed by atoms with Crippen LogP contribution in [-0.4, -0.2) is 52.1 Å². The molecule has 0 heterocycles. The molecule has 7 heteroatoms. The average Bonchev–Trinajstić information content (AvgIpc) is 2.20. The molecule has 0 aliphatic rings. The minimum absolute atomic E-state index is 0.0674. The molecule has 0 radical (unpaired) electrons. The van der Waals surface area contributed by atoms with E-state index in [-0.39, 0.29) is 6.61 Å². The zero-order chi connectivity index (χ0) is 11.4. The van der Waals surface area contributed by atoms with Gasteiger partial charge < -0.3 is 19.9 Å². The number of nitrogens with one attached hydrogen (secondary N) is 1. The van der Waals surface area contributed by atoms with Crippen molar-refractivity contribution >= 4 is 5.91 Å². The van der Waals surface area contributed by atoms with Crippen LogP contribution in [0.4, 0.5) is 0 Å². The lowest BCUT2D eigenvalue weighted by molar-refractivity contribution is -0.123. The summed E-state index contributed by atoms with van der Waals surface area (Å²) in [6.07, 6.45) is 0. The highest BCUT2D eigenvalue weighted by molar-refractivity contribution is 5.74. The van der Waals surface area contributed by atoms with E-state index < -0.39 is 5.91 Å². The van der Waals surface area contributed by atoms with E-state index in [1.165, 1.54) is 0 Å². The molecule has 0 saturated carbocycles. The first kappa shape index (κ1) is 14.3. The molecule has 0 unspecified atom stereocenters. The fourth-order valence-electron chi connectivity index (χ4n) is 0.744. The normalized spacial score (nSPS) is 10.5. The first-order valence-corrected chi connectivity index (χ1v) is 4.72. The van der Waals surface area contributed by atoms with E-state index in [1.54, 1.807) is 0 Å². The quantitative estimate of drug-likeness (QED) is 0.211. The SMILES string of the molecule is NNCCOCCOCCOCC(N)=O. The van der Waals surface area contributed by atoms with Gasteiger partial charge in [-0.25, -0.2) is 0 Å². The van der Waals surface area contributed by atoms with Gasteiger partial charge in [0.05, 0.1) is 33.0 Å². The Bertz CT molecular complexity index is 157. The molecule has 0 saturated heterocycles. The fourth-order valence-corrected chi connectivity index (χ4v) is 0.744. The molecular formula is C8H19N3O4. The van der Waals surface area contributed by atoms with Crippen molar-refractivity contribution in [2.24, 2.45) is 11.6 Å². The Morgan fingerprint density at radius 1 is 1.00 bits per heavy atom. The van der Waals surface area contributed by atoms with E-state index >= 15 is 0 Å². The molecule has 7 nitrogen and oxygen atoms in total. The number of hydrazine groups is 1. The van der Waals surface area contributed by atoms with Gasteiger partial charge in [0.25, 0.3) is 0 Å². The van der Waals surface area contributed by atoms with Crippen LogP contribution in [-0.2, 0) is 19.0 Å². The number of hydrogen-bond acceptors (Lipinski definition) is 6. The van der Waals surface area contributed by atoms with Gasteiger partial charge in [-0.05, 0) is 0 Å². The van der Waals surface area contributed by atoms with Gasteiger partial charge in [-0.3, -0.25) is 16.1 Å². The molecule has 0 fully saturated rings. The van der Waals surface area contributed by atoms with E-state index in [0.29, 0.717) is 39.6 Å². The van der Waals surface area contributed by atoms with Crippen LogP contribution in [0.1, 0.15) is 0 Å². The first-order valence-electron chi connectivity index (χ1n) is 4.72. The van der Waals surface area contributed by atoms with Gasteiger partial charge in [-0.2, -0.15) is 0 Å². The Morgan fingerprint density at radius 2 is 1.53 bits per heavy atom. The third-order valence-corrected chi connectivity index (χ3v) is 1.38. The van der Waals surface area contributed by atoms with E-state index in [0.717, 1.165) is 0 Å². The highest BCUT2D eigenvalue weighted by atomic mass is 16.5. The molecule has 90 valence electrons. The van der Waals surface area contributed by atoms with Crippen LogP contribution in [0.5, 0.6) is 0 Å². The lowest BCUT2D eigenvalue weighted by Crippen LogP contribution is -2.26. The molecule has 0 aromatic rings. The Labute approximate surface area is 89.0 Å². The third kappa shape index (κ3) is 13.3. The van der Waals surface area contributed by atoms with Crippen LogP contribution in [0.3, 0.4) is 0 Å². The number of amides is 1. The molecule has 0 rings (SSSR count). The lowest BCUT2D eigenvalue weighted by Gasteiger charge is -2.05. The zero-order valence-electron chi connectivity index (χ0n) is 8.74. The number of ether oxygens (including phenoxy) is 3. The maximum Gasteiger partial charge on any atom is 0.243 e. The number of hydrogen-bond donors (Lipinski definition) is 3. The van der Waals surface area contributed by atoms with E-state index in [4.69, 9.17) is 25.8 Å². The maximum atomic E-state index is 10.3. The monoisotopic (exact) mass is 221 g/mol. The van der Waals surface area contributed by atoms with Crippen molar-refractivity contribution in [3.8, 4) is 0 Å². The molecule has 0 bridgehead atoms. The molecule has 0 aliphatic carbocycles. The molecular weight excluding hydrogens is 202 g/mol. The van der Waals surface area contributed by atoms with Crippen molar-refractivity contribution in [2.75, 3.05) is 46.2 Å². The molecule has 15 heavy (non-hydrogen) atoms. The number of carbonyl (C=O) groups excluding carboxylic acids is 1. The minimum atomic E-state index is -0.479. The summed E-state index contributed by atoms with van der Waals surface area (Å²) in [4.78, 5) is 10.3. The molecule has 5 N–H and O–H groups in total. The number of carbonyl (C=O) groups is 1. The molecule has 0 aromatic heterocycles. The molecule has 0 atom stereocenters. The first-order chi connectivity index (χ1) is 7.27. The van der Waals surface area contributed by atoms with Crippen molar-refractivity contribution in [1.82, 2.24) is 5.43 Å². The number of nitrogens with two attached hydrogens (primary N) is 2. The minimum Gasteiger partial charge on any atom is -0.378 e. The van der Waals surface area contributed by atoms with Gasteiger partial charge in [0.15, 0.2) is 0 Å². The average molecular weight is 221 g/mol. The number of primary amides is 1. The Morgan fingerprint density at radius 3 is 2.07 bits per heavy atom. The summed E-state index contributed by atoms with van der Waals surface area (Å²) in [5, 5.41) is 0. The molecule has 1 amide bonds. The van der Waals surface area contributed by atoms with Crippen LogP contribution in [0.25, 0.3) is 0 Å². The van der Waals surface area contributed by atoms with Crippen LogP contribution < -0.4 is 17.0 Å². The van der Waals surface area contributed by atoms with Crippen LogP contribution in [0.15, 0.2) is 0 Å². The van der Waals surface area contributed by atoms with Gasteiger partial charge in [0.2, 0.25) is 5.91 Å². The molecule has 0 aromatic carbocycles. The van der Waals surface area contributed by atoms with Gasteiger partial charge in [0, 0.05) is 6.54 Å². The smallest absolute Gasteiger partial charge is 0.243 e. The Kier molecular flexibility index (Phi) is 10.8. The second kappa shape index (κ2) is 11.3. The lowest BCUT2D eigenvalue weighted by atomic mass is 10.6. The van der Waals surface area contributed by atoms with Gasteiger partial charge in [-0.15, -0.1) is 0 Å². The third-order valence-electron chi connectivity index (χ3n) is 1.38. The van der Waals surface area contributed by atoms with Crippen molar-refractivity contribution in [2.45, 2.75) is 0 Å². The molecule has 0 aliphatic heterocycles. The van der Waals surface area contributed by atoms with Gasteiger partial charge in [0.1, 0.15) is 6.61 Å². The van der Waals surface area contributed by atoms with E-state index in [2.05, 4.69) is 5.43 Å². The maximum absolute atomic E-state index is 10.3. The fraction of sp³-hybridized carbons (Fsp3) is 0.875. The summed E-state index contributed by atoms with van der Waals surface area (Å²) < 4.78 is 15.2. The van der Waals surface area contributed by atoms with E-state index in [9.17, 15) is 4.79 Å². The van der Waals surface area contributed by atoms with Crippen molar-refractivity contribution < 1.29 is 19.0 Å². The van der Waals surface area contributed by atoms with Gasteiger partial charge >= 0.3 is 0 Å². The van der Waals surface area contributed by atoms with Crippen molar-refractivity contribution in [3.05, 3.63) is 0 Å². The standard InChI is InChI=1S/C8H19N3O4/c9-8(12)7-15-6-5-14-4-3-13-2-1-11-10/h11H,1-7,10H2,(H2,9,12). The summed E-state index contributed by atoms with van der Waals surface area (Å²) in [6.45, 7) is 2.88. The highest BCUT2D eigenvalue weighted by Gasteiger charge is 1.94. The second-order valence-electron chi connectivity index (χ2n) is 2.70. The highest BCUT2D eigenvalue weighted by Crippen LogP contribution is 1.80. The second-order valence-corrected chi connectivity index (χ2v) is 2.70. The predicted octanol–water partition coefficient (Wildman–Crippen LogP) is -2.02. The summed E-state index contributed by atoms with van der Waals surface area (Å²) in [5.41, 5.74) is 7.33. The Hall–Kier alpha value is -0.730. The predicted molar refractivity (Wildman–Crippen MR) is 53.8 cm³/mol. The van der Waals surface area contributed by atoms with Crippen molar-refractivity contribution in [1.29, 1.82) is 0 Å². The number of rotatable bonds is 11.